The van der Waals surface area contributed by atoms with Crippen LogP contribution in [0.25, 0.3) is 0 Å². The van der Waals surface area contributed by atoms with Gasteiger partial charge in [-0.2, -0.15) is 18.4 Å². The molecule has 12 heteroatoms. The Bertz CT molecular complexity index is 916. The van der Waals surface area contributed by atoms with Gasteiger partial charge >= 0.3 is 12.1 Å². The maximum Gasteiger partial charge on any atom is 0.471 e. The SMILES string of the molecule is CC(C)(C)[C@H](NC(=O)C(F)(F)F)C(=O)N[C@@H](CC1CC1)C(=O)N[C@H](C#N)C[C@@H]1CC2(CC2)NC1=O. The summed E-state index contributed by atoms with van der Waals surface area (Å²) in [5.74, 6) is -4.19. The van der Waals surface area contributed by atoms with Crippen molar-refractivity contribution >= 4 is 23.6 Å². The zero-order valence-electron chi connectivity index (χ0n) is 20.1. The van der Waals surface area contributed by atoms with Crippen molar-refractivity contribution in [1.82, 2.24) is 21.3 Å². The van der Waals surface area contributed by atoms with Gasteiger partial charge in [0.1, 0.15) is 18.1 Å². The van der Waals surface area contributed by atoms with E-state index in [0.29, 0.717) is 6.42 Å². The third-order valence-corrected chi connectivity index (χ3v) is 6.80. The summed E-state index contributed by atoms with van der Waals surface area (Å²) in [6.07, 6.45) is -0.686. The standard InChI is InChI=1S/C23H32F3N5O4/c1-21(2,3)16(30-20(35)23(24,25)26)19(34)29-15(8-12-4-5-12)18(33)28-14(11-27)9-13-10-22(6-7-22)31-17(13)32/h12-16H,4-10H2,1-3H3,(H,28,33)(H,29,34)(H,30,35)(H,31,32)/t13-,14+,15+,16-/m1/s1. The van der Waals surface area contributed by atoms with Gasteiger partial charge in [-0.05, 0) is 43.4 Å². The second-order valence-corrected chi connectivity index (χ2v) is 11.1. The lowest BCUT2D eigenvalue weighted by Gasteiger charge is -2.32. The number of hydrogen-bond donors (Lipinski definition) is 4. The van der Waals surface area contributed by atoms with Gasteiger partial charge in [0, 0.05) is 11.5 Å². The topological polar surface area (TPSA) is 140 Å². The molecule has 3 fully saturated rings. The third kappa shape index (κ3) is 7.08. The first-order chi connectivity index (χ1) is 16.1. The lowest BCUT2D eigenvalue weighted by molar-refractivity contribution is -0.175. The van der Waals surface area contributed by atoms with Gasteiger partial charge in [0.2, 0.25) is 17.7 Å². The van der Waals surface area contributed by atoms with Gasteiger partial charge in [-0.1, -0.05) is 33.6 Å². The van der Waals surface area contributed by atoms with E-state index in [2.05, 4.69) is 16.0 Å². The van der Waals surface area contributed by atoms with E-state index >= 15 is 0 Å². The Morgan fingerprint density at radius 1 is 1.09 bits per heavy atom. The van der Waals surface area contributed by atoms with Gasteiger partial charge in [0.25, 0.3) is 0 Å². The number of alkyl halides is 3. The van der Waals surface area contributed by atoms with Crippen LogP contribution in [0.5, 0.6) is 0 Å². The van der Waals surface area contributed by atoms with Crippen LogP contribution in [-0.4, -0.2) is 53.5 Å². The third-order valence-electron chi connectivity index (χ3n) is 6.80. The molecule has 3 aliphatic rings. The zero-order chi connectivity index (χ0) is 26.2. The number of nitrogens with zero attached hydrogens (tertiary/aromatic N) is 1. The van der Waals surface area contributed by atoms with Crippen molar-refractivity contribution in [3.63, 3.8) is 0 Å². The first kappa shape index (κ1) is 26.8. The van der Waals surface area contributed by atoms with Crippen LogP contribution < -0.4 is 21.3 Å². The Kier molecular flexibility index (Phi) is 7.39. The molecule has 4 atom stereocenters. The Labute approximate surface area is 201 Å². The van der Waals surface area contributed by atoms with Crippen LogP contribution in [0.2, 0.25) is 0 Å². The van der Waals surface area contributed by atoms with Gasteiger partial charge in [-0.25, -0.2) is 0 Å². The van der Waals surface area contributed by atoms with E-state index in [4.69, 9.17) is 0 Å². The molecule has 0 unspecified atom stereocenters. The van der Waals surface area contributed by atoms with Crippen LogP contribution in [0.1, 0.15) is 65.7 Å². The maximum atomic E-state index is 13.0. The molecule has 0 radical (unpaired) electrons. The Balaban J connectivity index is 1.65. The first-order valence-corrected chi connectivity index (χ1v) is 11.8. The molecule has 2 aliphatic carbocycles. The minimum absolute atomic E-state index is 0.131. The van der Waals surface area contributed by atoms with E-state index in [0.717, 1.165) is 25.7 Å². The molecule has 1 heterocycles. The van der Waals surface area contributed by atoms with Crippen molar-refractivity contribution in [3.8, 4) is 6.07 Å². The summed E-state index contributed by atoms with van der Waals surface area (Å²) in [5, 5.41) is 19.3. The molecule has 9 nitrogen and oxygen atoms in total. The van der Waals surface area contributed by atoms with E-state index in [-0.39, 0.29) is 30.2 Å². The number of hydrogen-bond acceptors (Lipinski definition) is 5. The smallest absolute Gasteiger partial charge is 0.350 e. The highest BCUT2D eigenvalue weighted by Crippen LogP contribution is 2.46. The van der Waals surface area contributed by atoms with Crippen molar-refractivity contribution in [1.29, 1.82) is 5.26 Å². The Hall–Kier alpha value is -2.84. The average molecular weight is 500 g/mol. The number of halogens is 3. The van der Waals surface area contributed by atoms with E-state index in [9.17, 15) is 37.6 Å². The van der Waals surface area contributed by atoms with Crippen molar-refractivity contribution in [3.05, 3.63) is 0 Å². The van der Waals surface area contributed by atoms with Gasteiger partial charge in [0.05, 0.1) is 6.07 Å². The molecular formula is C23H32F3N5O4. The molecule has 1 saturated heterocycles. The number of carbonyl (C=O) groups excluding carboxylic acids is 4. The molecule has 0 aromatic rings. The highest BCUT2D eigenvalue weighted by Gasteiger charge is 2.52. The van der Waals surface area contributed by atoms with E-state index in [1.807, 2.05) is 6.07 Å². The van der Waals surface area contributed by atoms with Crippen molar-refractivity contribution in [2.75, 3.05) is 0 Å². The molecule has 4 amide bonds. The molecule has 1 spiro atoms. The van der Waals surface area contributed by atoms with Crippen molar-refractivity contribution in [2.45, 2.75) is 95.6 Å². The second kappa shape index (κ2) is 9.66. The summed E-state index contributed by atoms with van der Waals surface area (Å²) < 4.78 is 38.4. The Morgan fingerprint density at radius 2 is 1.71 bits per heavy atom. The summed E-state index contributed by atoms with van der Waals surface area (Å²) in [7, 11) is 0. The van der Waals surface area contributed by atoms with Crippen LogP contribution in [0.4, 0.5) is 13.2 Å². The van der Waals surface area contributed by atoms with E-state index in [1.54, 1.807) is 5.32 Å². The lowest BCUT2D eigenvalue weighted by atomic mass is 9.85. The number of nitriles is 1. The molecule has 1 aliphatic heterocycles. The summed E-state index contributed by atoms with van der Waals surface area (Å²) in [4.78, 5) is 49.7. The number of carbonyl (C=O) groups is 4. The fraction of sp³-hybridized carbons (Fsp3) is 0.783. The summed E-state index contributed by atoms with van der Waals surface area (Å²) >= 11 is 0. The number of amides is 4. The van der Waals surface area contributed by atoms with Crippen LogP contribution in [0, 0.1) is 28.6 Å². The molecule has 3 rings (SSSR count). The summed E-state index contributed by atoms with van der Waals surface area (Å²) in [6.45, 7) is 4.48. The number of rotatable bonds is 9. The molecule has 0 aromatic heterocycles. The highest BCUT2D eigenvalue weighted by molar-refractivity contribution is 5.93. The van der Waals surface area contributed by atoms with Crippen LogP contribution in [0.15, 0.2) is 0 Å². The average Bonchev–Trinajstić information content (AvgIpc) is 3.65. The summed E-state index contributed by atoms with van der Waals surface area (Å²) in [6, 6.07) is -1.61. The first-order valence-electron chi connectivity index (χ1n) is 11.8. The van der Waals surface area contributed by atoms with Gasteiger partial charge in [-0.15, -0.1) is 0 Å². The van der Waals surface area contributed by atoms with Gasteiger partial charge in [-0.3, -0.25) is 19.2 Å². The quantitative estimate of drug-likeness (QED) is 0.380. The fourth-order valence-corrected chi connectivity index (χ4v) is 4.41. The molecule has 35 heavy (non-hydrogen) atoms. The largest absolute Gasteiger partial charge is 0.471 e. The van der Waals surface area contributed by atoms with Gasteiger partial charge in [0.15, 0.2) is 0 Å². The van der Waals surface area contributed by atoms with Crippen molar-refractivity contribution in [2.24, 2.45) is 17.3 Å². The molecular weight excluding hydrogens is 467 g/mol. The van der Waals surface area contributed by atoms with Crippen molar-refractivity contribution < 1.29 is 32.3 Å². The van der Waals surface area contributed by atoms with Crippen LogP contribution >= 0.6 is 0 Å². The molecule has 2 saturated carbocycles. The van der Waals surface area contributed by atoms with Gasteiger partial charge < -0.3 is 21.3 Å². The molecule has 0 aromatic carbocycles. The van der Waals surface area contributed by atoms with Crippen LogP contribution in [0.3, 0.4) is 0 Å². The van der Waals surface area contributed by atoms with E-state index in [1.165, 1.54) is 20.8 Å². The fourth-order valence-electron chi connectivity index (χ4n) is 4.41. The minimum atomic E-state index is -5.17. The normalized spacial score (nSPS) is 23.5. The second-order valence-electron chi connectivity index (χ2n) is 11.1. The predicted octanol–water partition coefficient (Wildman–Crippen LogP) is 1.43. The molecule has 194 valence electrons. The Morgan fingerprint density at radius 3 is 2.17 bits per heavy atom. The zero-order valence-corrected chi connectivity index (χ0v) is 20.1. The highest BCUT2D eigenvalue weighted by atomic mass is 19.4. The maximum absolute atomic E-state index is 13.0. The van der Waals surface area contributed by atoms with Crippen LogP contribution in [-0.2, 0) is 19.2 Å². The molecule has 0 bridgehead atoms. The molecule has 4 N–H and O–H groups in total. The summed E-state index contributed by atoms with van der Waals surface area (Å²) in [5.41, 5.74) is -1.24. The number of nitrogens with one attached hydrogen (secondary N) is 4. The predicted molar refractivity (Wildman–Crippen MR) is 117 cm³/mol. The minimum Gasteiger partial charge on any atom is -0.350 e. The van der Waals surface area contributed by atoms with E-state index < -0.39 is 53.4 Å². The monoisotopic (exact) mass is 499 g/mol. The lowest BCUT2D eigenvalue weighted by Crippen LogP contribution is -2.59.